The fourth-order valence-corrected chi connectivity index (χ4v) is 3.15. The van der Waals surface area contributed by atoms with Crippen LogP contribution < -0.4 is 10.6 Å². The van der Waals surface area contributed by atoms with Crippen molar-refractivity contribution in [3.63, 3.8) is 0 Å². The molecule has 0 aliphatic carbocycles. The molecule has 0 saturated heterocycles. The summed E-state index contributed by atoms with van der Waals surface area (Å²) < 4.78 is 0. The lowest BCUT2D eigenvalue weighted by Crippen LogP contribution is -2.42. The van der Waals surface area contributed by atoms with Crippen LogP contribution in [0.4, 0.5) is 0 Å². The third-order valence-electron chi connectivity index (χ3n) is 4.10. The van der Waals surface area contributed by atoms with Crippen molar-refractivity contribution < 1.29 is 9.90 Å². The Labute approximate surface area is 152 Å². The molecule has 1 heterocycles. The van der Waals surface area contributed by atoms with E-state index in [-0.39, 0.29) is 30.9 Å². The fraction of sp³-hybridized carbons (Fsp3) is 0.278. The first-order valence-electron chi connectivity index (χ1n) is 7.68. The highest BCUT2D eigenvalue weighted by Gasteiger charge is 2.26. The Kier molecular flexibility index (Phi) is 6.63. The summed E-state index contributed by atoms with van der Waals surface area (Å²) in [7, 11) is 0. The van der Waals surface area contributed by atoms with Gasteiger partial charge in [0.15, 0.2) is 0 Å². The lowest BCUT2D eigenvalue weighted by molar-refractivity contribution is -0.123. The summed E-state index contributed by atoms with van der Waals surface area (Å²) >= 11 is 6.07. The van der Waals surface area contributed by atoms with Crippen LogP contribution >= 0.6 is 24.0 Å². The second-order valence-corrected chi connectivity index (χ2v) is 6.03. The van der Waals surface area contributed by atoms with Gasteiger partial charge in [0, 0.05) is 23.7 Å². The van der Waals surface area contributed by atoms with E-state index in [4.69, 9.17) is 11.6 Å². The molecule has 1 aliphatic rings. The van der Waals surface area contributed by atoms with E-state index in [1.54, 1.807) is 18.2 Å². The Morgan fingerprint density at radius 3 is 2.75 bits per heavy atom. The molecule has 0 bridgehead atoms. The van der Waals surface area contributed by atoms with E-state index >= 15 is 0 Å². The zero-order valence-corrected chi connectivity index (χ0v) is 14.6. The molecule has 2 aromatic rings. The van der Waals surface area contributed by atoms with Gasteiger partial charge in [0.1, 0.15) is 6.04 Å². The standard InChI is InChI=1S/C18H19ClN2O2.ClH/c19-15-8-4-3-7-14(15)16(22)11-21-18(23)17-13-6-2-1-5-12(13)9-10-20-17;/h1-8,16-17,20,22H,9-11H2,(H,21,23);1H. The number of rotatable bonds is 4. The maximum Gasteiger partial charge on any atom is 0.241 e. The lowest BCUT2D eigenvalue weighted by Gasteiger charge is -2.26. The van der Waals surface area contributed by atoms with Gasteiger partial charge in [-0.25, -0.2) is 0 Å². The van der Waals surface area contributed by atoms with Crippen molar-refractivity contribution in [1.29, 1.82) is 0 Å². The van der Waals surface area contributed by atoms with Crippen molar-refractivity contribution in [2.45, 2.75) is 18.6 Å². The highest BCUT2D eigenvalue weighted by molar-refractivity contribution is 6.31. The van der Waals surface area contributed by atoms with Gasteiger partial charge in [0.05, 0.1) is 6.10 Å². The summed E-state index contributed by atoms with van der Waals surface area (Å²) in [6.07, 6.45) is 0.0915. The van der Waals surface area contributed by atoms with Gasteiger partial charge in [-0.2, -0.15) is 0 Å². The van der Waals surface area contributed by atoms with Gasteiger partial charge < -0.3 is 15.7 Å². The second-order valence-electron chi connectivity index (χ2n) is 5.62. The van der Waals surface area contributed by atoms with Gasteiger partial charge in [-0.15, -0.1) is 12.4 Å². The first-order chi connectivity index (χ1) is 11.2. The number of fused-ring (bicyclic) bond motifs is 1. The maximum absolute atomic E-state index is 12.5. The number of hydrogen-bond acceptors (Lipinski definition) is 3. The van der Waals surface area contributed by atoms with E-state index in [2.05, 4.69) is 16.7 Å². The van der Waals surface area contributed by atoms with Crippen molar-refractivity contribution >= 4 is 29.9 Å². The Bertz CT molecular complexity index is 709. The molecule has 2 unspecified atom stereocenters. The first-order valence-corrected chi connectivity index (χ1v) is 8.06. The van der Waals surface area contributed by atoms with Crippen LogP contribution in [0.5, 0.6) is 0 Å². The molecule has 3 rings (SSSR count). The van der Waals surface area contributed by atoms with Gasteiger partial charge in [-0.3, -0.25) is 4.79 Å². The molecule has 6 heteroatoms. The smallest absolute Gasteiger partial charge is 0.241 e. The normalized spacial score (nSPS) is 17.3. The van der Waals surface area contributed by atoms with Crippen LogP contribution in [-0.4, -0.2) is 24.1 Å². The lowest BCUT2D eigenvalue weighted by atomic mass is 9.94. The highest BCUT2D eigenvalue weighted by atomic mass is 35.5. The number of amides is 1. The molecule has 1 amide bonds. The molecule has 0 radical (unpaired) electrons. The van der Waals surface area contributed by atoms with Gasteiger partial charge in [-0.05, 0) is 23.6 Å². The number of halogens is 2. The molecule has 0 saturated carbocycles. The quantitative estimate of drug-likeness (QED) is 0.779. The van der Waals surface area contributed by atoms with Gasteiger partial charge in [-0.1, -0.05) is 54.1 Å². The summed E-state index contributed by atoms with van der Waals surface area (Å²) in [6.45, 7) is 0.894. The minimum atomic E-state index is -0.827. The van der Waals surface area contributed by atoms with E-state index in [1.165, 1.54) is 5.56 Å². The van der Waals surface area contributed by atoms with Gasteiger partial charge in [0.25, 0.3) is 0 Å². The van der Waals surface area contributed by atoms with Crippen LogP contribution in [0.25, 0.3) is 0 Å². The second kappa shape index (κ2) is 8.49. The van der Waals surface area contributed by atoms with Crippen molar-refractivity contribution in [1.82, 2.24) is 10.6 Å². The number of carbonyl (C=O) groups excluding carboxylic acids is 1. The van der Waals surface area contributed by atoms with Crippen molar-refractivity contribution in [3.8, 4) is 0 Å². The molecule has 0 aromatic heterocycles. The van der Waals surface area contributed by atoms with E-state index in [0.717, 1.165) is 18.5 Å². The van der Waals surface area contributed by atoms with Crippen LogP contribution in [0.15, 0.2) is 48.5 Å². The summed E-state index contributed by atoms with van der Waals surface area (Å²) in [5.41, 5.74) is 2.81. The molecular formula is C18H20Cl2N2O2. The predicted molar refractivity (Wildman–Crippen MR) is 97.6 cm³/mol. The van der Waals surface area contributed by atoms with Gasteiger partial charge in [0.2, 0.25) is 5.91 Å². The van der Waals surface area contributed by atoms with E-state index < -0.39 is 6.10 Å². The Balaban J connectivity index is 0.00000208. The zero-order chi connectivity index (χ0) is 16.2. The zero-order valence-electron chi connectivity index (χ0n) is 13.0. The van der Waals surface area contributed by atoms with E-state index in [1.807, 2.05) is 24.3 Å². The molecule has 128 valence electrons. The summed E-state index contributed by atoms with van der Waals surface area (Å²) in [5.74, 6) is -0.136. The van der Waals surface area contributed by atoms with E-state index in [9.17, 15) is 9.90 Å². The van der Waals surface area contributed by atoms with E-state index in [0.29, 0.717) is 10.6 Å². The minimum Gasteiger partial charge on any atom is -0.387 e. The number of aliphatic hydroxyl groups is 1. The third kappa shape index (κ3) is 4.08. The fourth-order valence-electron chi connectivity index (χ4n) is 2.89. The molecule has 2 atom stereocenters. The van der Waals surface area contributed by atoms with Crippen molar-refractivity contribution in [2.75, 3.05) is 13.1 Å². The molecule has 3 N–H and O–H groups in total. The molecular weight excluding hydrogens is 347 g/mol. The van der Waals surface area contributed by atoms with Gasteiger partial charge >= 0.3 is 0 Å². The molecule has 2 aromatic carbocycles. The molecule has 0 fully saturated rings. The maximum atomic E-state index is 12.5. The molecule has 4 nitrogen and oxygen atoms in total. The monoisotopic (exact) mass is 366 g/mol. The Hall–Kier alpha value is -1.59. The largest absolute Gasteiger partial charge is 0.387 e. The number of hydrogen-bond donors (Lipinski definition) is 3. The average molecular weight is 367 g/mol. The van der Waals surface area contributed by atoms with Crippen LogP contribution in [0, 0.1) is 0 Å². The summed E-state index contributed by atoms with van der Waals surface area (Å²) in [4.78, 5) is 12.5. The topological polar surface area (TPSA) is 61.4 Å². The van der Waals surface area contributed by atoms with Crippen LogP contribution in [0.2, 0.25) is 5.02 Å². The molecule has 24 heavy (non-hydrogen) atoms. The Morgan fingerprint density at radius 1 is 1.25 bits per heavy atom. The summed E-state index contributed by atoms with van der Waals surface area (Å²) in [6, 6.07) is 14.7. The van der Waals surface area contributed by atoms with Crippen LogP contribution in [-0.2, 0) is 11.2 Å². The average Bonchev–Trinajstić information content (AvgIpc) is 2.59. The predicted octanol–water partition coefficient (Wildman–Crippen LogP) is 2.80. The van der Waals surface area contributed by atoms with Crippen LogP contribution in [0.3, 0.4) is 0 Å². The van der Waals surface area contributed by atoms with Crippen LogP contribution in [0.1, 0.15) is 28.8 Å². The number of carbonyl (C=O) groups is 1. The van der Waals surface area contributed by atoms with Crippen molar-refractivity contribution in [3.05, 3.63) is 70.2 Å². The molecule has 1 aliphatic heterocycles. The first kappa shape index (κ1) is 18.7. The van der Waals surface area contributed by atoms with Crippen molar-refractivity contribution in [2.24, 2.45) is 0 Å². The summed E-state index contributed by atoms with van der Waals surface area (Å²) in [5, 5.41) is 16.8. The number of aliphatic hydroxyl groups excluding tert-OH is 1. The highest BCUT2D eigenvalue weighted by Crippen LogP contribution is 2.24. The SMILES string of the molecule is Cl.O=C(NCC(O)c1ccccc1Cl)C1NCCc2ccccc21. The molecule has 0 spiro atoms. The number of nitrogens with one attached hydrogen (secondary N) is 2. The number of benzene rings is 2. The minimum absolute atomic E-state index is 0. The third-order valence-corrected chi connectivity index (χ3v) is 4.45. The Morgan fingerprint density at radius 2 is 1.96 bits per heavy atom.